The summed E-state index contributed by atoms with van der Waals surface area (Å²) in [6.45, 7) is 3.88. The van der Waals surface area contributed by atoms with Gasteiger partial charge in [-0.15, -0.1) is 0 Å². The molecule has 2 N–H and O–H groups in total. The molecule has 0 aliphatic rings. The number of amides is 1. The predicted molar refractivity (Wildman–Crippen MR) is 58.7 cm³/mol. The molecule has 15 heavy (non-hydrogen) atoms. The van der Waals surface area contributed by atoms with Crippen molar-refractivity contribution in [3.05, 3.63) is 30.0 Å². The van der Waals surface area contributed by atoms with Gasteiger partial charge in [-0.1, -0.05) is 6.07 Å². The van der Waals surface area contributed by atoms with Gasteiger partial charge >= 0.3 is 0 Å². The lowest BCUT2D eigenvalue weighted by molar-refractivity contribution is 0.0945. The molecule has 78 valence electrons. The summed E-state index contributed by atoms with van der Waals surface area (Å²) in [4.78, 5) is 11.8. The van der Waals surface area contributed by atoms with Crippen LogP contribution in [0.25, 0.3) is 10.9 Å². The molecule has 2 aromatic rings. The number of hydrogen-bond acceptors (Lipinski definition) is 2. The minimum absolute atomic E-state index is 0.0583. The first-order chi connectivity index (χ1) is 7.18. The molecule has 0 spiro atoms. The second kappa shape index (κ2) is 3.73. The third-order valence-electron chi connectivity index (χ3n) is 2.15. The van der Waals surface area contributed by atoms with Gasteiger partial charge in [0.2, 0.25) is 0 Å². The van der Waals surface area contributed by atoms with Gasteiger partial charge in [-0.25, -0.2) is 0 Å². The zero-order valence-electron chi connectivity index (χ0n) is 8.74. The Balaban J connectivity index is 2.42. The number of fused-ring (bicyclic) bond motifs is 1. The maximum Gasteiger partial charge on any atom is 0.252 e. The highest BCUT2D eigenvalue weighted by Gasteiger charge is 2.11. The summed E-state index contributed by atoms with van der Waals surface area (Å²) in [5.41, 5.74) is 1.54. The van der Waals surface area contributed by atoms with Crippen molar-refractivity contribution in [3.8, 4) is 0 Å². The molecule has 4 nitrogen and oxygen atoms in total. The summed E-state index contributed by atoms with van der Waals surface area (Å²) in [5.74, 6) is -0.0583. The van der Waals surface area contributed by atoms with Gasteiger partial charge in [-0.3, -0.25) is 9.89 Å². The first-order valence-electron chi connectivity index (χ1n) is 4.91. The van der Waals surface area contributed by atoms with Crippen LogP contribution >= 0.6 is 0 Å². The zero-order chi connectivity index (χ0) is 10.8. The molecule has 0 saturated carbocycles. The van der Waals surface area contributed by atoms with Crippen molar-refractivity contribution in [1.29, 1.82) is 0 Å². The van der Waals surface area contributed by atoms with E-state index in [4.69, 9.17) is 0 Å². The molecule has 1 aromatic heterocycles. The van der Waals surface area contributed by atoms with Crippen LogP contribution in [0, 0.1) is 0 Å². The first-order valence-corrected chi connectivity index (χ1v) is 4.91. The van der Waals surface area contributed by atoms with Gasteiger partial charge in [0.1, 0.15) is 0 Å². The fraction of sp³-hybridized carbons (Fsp3) is 0.273. The normalized spacial score (nSPS) is 10.9. The smallest absolute Gasteiger partial charge is 0.252 e. The second-order valence-corrected chi connectivity index (χ2v) is 3.76. The van der Waals surface area contributed by atoms with Crippen LogP contribution in [0.2, 0.25) is 0 Å². The van der Waals surface area contributed by atoms with E-state index in [1.54, 1.807) is 12.3 Å². The number of hydrogen-bond donors (Lipinski definition) is 2. The molecule has 2 rings (SSSR count). The molecule has 4 heteroatoms. The number of nitrogens with zero attached hydrogens (tertiary/aromatic N) is 1. The van der Waals surface area contributed by atoms with Crippen molar-refractivity contribution in [2.45, 2.75) is 19.9 Å². The van der Waals surface area contributed by atoms with Gasteiger partial charge in [0, 0.05) is 11.4 Å². The van der Waals surface area contributed by atoms with Gasteiger partial charge in [0.15, 0.2) is 0 Å². The Morgan fingerprint density at radius 1 is 1.47 bits per heavy atom. The van der Waals surface area contributed by atoms with Crippen LogP contribution in [0.5, 0.6) is 0 Å². The fourth-order valence-corrected chi connectivity index (χ4v) is 1.51. The zero-order valence-corrected chi connectivity index (χ0v) is 8.74. The van der Waals surface area contributed by atoms with Gasteiger partial charge in [0.05, 0.1) is 17.3 Å². The van der Waals surface area contributed by atoms with Crippen LogP contribution < -0.4 is 5.32 Å². The average Bonchev–Trinajstić information content (AvgIpc) is 2.63. The molecule has 1 aromatic carbocycles. The first kappa shape index (κ1) is 9.71. The lowest BCUT2D eigenvalue weighted by Crippen LogP contribution is -2.30. The topological polar surface area (TPSA) is 57.8 Å². The number of benzene rings is 1. The predicted octanol–water partition coefficient (Wildman–Crippen LogP) is 1.70. The Morgan fingerprint density at radius 3 is 3.00 bits per heavy atom. The van der Waals surface area contributed by atoms with E-state index in [0.717, 1.165) is 10.9 Å². The number of nitrogens with one attached hydrogen (secondary N) is 2. The van der Waals surface area contributed by atoms with E-state index < -0.39 is 0 Å². The number of H-pyrrole nitrogens is 1. The molecule has 0 saturated heterocycles. The van der Waals surface area contributed by atoms with E-state index in [-0.39, 0.29) is 11.9 Å². The van der Waals surface area contributed by atoms with Crippen LogP contribution in [0.3, 0.4) is 0 Å². The molecule has 0 aliphatic carbocycles. The summed E-state index contributed by atoms with van der Waals surface area (Å²) in [6.07, 6.45) is 1.67. The molecule has 1 heterocycles. The van der Waals surface area contributed by atoms with Crippen molar-refractivity contribution >= 4 is 16.8 Å². The Kier molecular flexibility index (Phi) is 2.41. The van der Waals surface area contributed by atoms with E-state index in [1.807, 2.05) is 26.0 Å². The number of carbonyl (C=O) groups is 1. The van der Waals surface area contributed by atoms with Crippen molar-refractivity contribution < 1.29 is 4.79 Å². The van der Waals surface area contributed by atoms with E-state index in [1.165, 1.54) is 0 Å². The number of carbonyl (C=O) groups excluding carboxylic acids is 1. The van der Waals surface area contributed by atoms with Crippen molar-refractivity contribution in [2.75, 3.05) is 0 Å². The summed E-state index contributed by atoms with van der Waals surface area (Å²) < 4.78 is 0. The minimum atomic E-state index is -0.0583. The molecular formula is C11H13N3O. The second-order valence-electron chi connectivity index (χ2n) is 3.76. The SMILES string of the molecule is CC(C)NC(=O)c1cccc2[nH]ncc12. The molecular weight excluding hydrogens is 190 g/mol. The number of aromatic amines is 1. The lowest BCUT2D eigenvalue weighted by atomic mass is 10.1. The molecule has 0 aliphatic heterocycles. The molecule has 0 fully saturated rings. The molecule has 1 amide bonds. The quantitative estimate of drug-likeness (QED) is 0.780. The highest BCUT2D eigenvalue weighted by atomic mass is 16.1. The van der Waals surface area contributed by atoms with Crippen molar-refractivity contribution in [2.24, 2.45) is 0 Å². The highest BCUT2D eigenvalue weighted by Crippen LogP contribution is 2.15. The van der Waals surface area contributed by atoms with E-state index in [2.05, 4.69) is 15.5 Å². The summed E-state index contributed by atoms with van der Waals surface area (Å²) >= 11 is 0. The Bertz CT molecular complexity index is 487. The van der Waals surface area contributed by atoms with Gasteiger partial charge < -0.3 is 5.32 Å². The van der Waals surface area contributed by atoms with Crippen LogP contribution in [-0.4, -0.2) is 22.1 Å². The van der Waals surface area contributed by atoms with E-state index in [0.29, 0.717) is 5.56 Å². The molecule has 0 radical (unpaired) electrons. The lowest BCUT2D eigenvalue weighted by Gasteiger charge is -2.08. The summed E-state index contributed by atoms with van der Waals surface area (Å²) in [6, 6.07) is 5.68. The maximum absolute atomic E-state index is 11.8. The Labute approximate surface area is 87.7 Å². The van der Waals surface area contributed by atoms with Gasteiger partial charge in [-0.05, 0) is 26.0 Å². The highest BCUT2D eigenvalue weighted by molar-refractivity contribution is 6.06. The summed E-state index contributed by atoms with van der Waals surface area (Å²) in [7, 11) is 0. The Morgan fingerprint density at radius 2 is 2.27 bits per heavy atom. The Hall–Kier alpha value is -1.84. The van der Waals surface area contributed by atoms with E-state index in [9.17, 15) is 4.79 Å². The third-order valence-corrected chi connectivity index (χ3v) is 2.15. The molecule has 0 unspecified atom stereocenters. The van der Waals surface area contributed by atoms with Crippen LogP contribution in [-0.2, 0) is 0 Å². The van der Waals surface area contributed by atoms with Crippen molar-refractivity contribution in [3.63, 3.8) is 0 Å². The molecule has 0 bridgehead atoms. The number of rotatable bonds is 2. The fourth-order valence-electron chi connectivity index (χ4n) is 1.51. The largest absolute Gasteiger partial charge is 0.350 e. The maximum atomic E-state index is 11.8. The van der Waals surface area contributed by atoms with Crippen molar-refractivity contribution in [1.82, 2.24) is 15.5 Å². The van der Waals surface area contributed by atoms with Gasteiger partial charge in [-0.2, -0.15) is 5.10 Å². The molecule has 0 atom stereocenters. The number of aromatic nitrogens is 2. The summed E-state index contributed by atoms with van der Waals surface area (Å²) in [5, 5.41) is 10.5. The van der Waals surface area contributed by atoms with Crippen LogP contribution in [0.15, 0.2) is 24.4 Å². The minimum Gasteiger partial charge on any atom is -0.350 e. The average molecular weight is 203 g/mol. The van der Waals surface area contributed by atoms with E-state index >= 15 is 0 Å². The monoisotopic (exact) mass is 203 g/mol. The van der Waals surface area contributed by atoms with Crippen LogP contribution in [0.1, 0.15) is 24.2 Å². The third kappa shape index (κ3) is 1.83. The van der Waals surface area contributed by atoms with Gasteiger partial charge in [0.25, 0.3) is 5.91 Å². The standard InChI is InChI=1S/C11H13N3O/c1-7(2)13-11(15)8-4-3-5-10-9(8)6-12-14-10/h3-7H,1-2H3,(H,12,14)(H,13,15). The van der Waals surface area contributed by atoms with Crippen LogP contribution in [0.4, 0.5) is 0 Å².